The van der Waals surface area contributed by atoms with Crippen molar-refractivity contribution in [3.63, 3.8) is 0 Å². The van der Waals surface area contributed by atoms with E-state index in [2.05, 4.69) is 26.8 Å². The molecule has 0 aromatic heterocycles. The monoisotopic (exact) mass is 238 g/mol. The third-order valence-electron chi connectivity index (χ3n) is 3.75. The molecule has 0 saturated carbocycles. The van der Waals surface area contributed by atoms with Crippen LogP contribution in [0.4, 0.5) is 0 Å². The molecular weight excluding hydrogens is 212 g/mol. The van der Waals surface area contributed by atoms with Crippen LogP contribution in [0, 0.1) is 11.8 Å². The Bertz CT molecular complexity index is 302. The van der Waals surface area contributed by atoms with Crippen LogP contribution in [-0.2, 0) is 0 Å². The Hall–Kier alpha value is -0.600. The van der Waals surface area contributed by atoms with Crippen molar-refractivity contribution in [3.8, 4) is 0 Å². The Balaban J connectivity index is 2.93. The molecule has 0 fully saturated rings. The fraction of sp³-hybridized carbons (Fsp3) is 0.733. The van der Waals surface area contributed by atoms with Gasteiger partial charge in [-0.1, -0.05) is 38.5 Å². The Morgan fingerprint density at radius 1 is 1.29 bits per heavy atom. The van der Waals surface area contributed by atoms with Crippen LogP contribution >= 0.6 is 0 Å². The maximum absolute atomic E-state index is 10.1. The van der Waals surface area contributed by atoms with Crippen molar-refractivity contribution >= 4 is 0 Å². The summed E-state index contributed by atoms with van der Waals surface area (Å²) in [6.07, 6.45) is 5.83. The number of rotatable bonds is 1. The minimum Gasteiger partial charge on any atom is -0.389 e. The van der Waals surface area contributed by atoms with E-state index in [4.69, 9.17) is 0 Å². The summed E-state index contributed by atoms with van der Waals surface area (Å²) in [6, 6.07) is 0. The zero-order chi connectivity index (χ0) is 13.0. The van der Waals surface area contributed by atoms with E-state index in [0.717, 1.165) is 24.0 Å². The van der Waals surface area contributed by atoms with Gasteiger partial charge in [0.1, 0.15) is 0 Å². The van der Waals surface area contributed by atoms with E-state index in [-0.39, 0.29) is 12.0 Å². The lowest BCUT2D eigenvalue weighted by Gasteiger charge is -2.23. The van der Waals surface area contributed by atoms with Crippen molar-refractivity contribution in [1.29, 1.82) is 0 Å². The summed E-state index contributed by atoms with van der Waals surface area (Å²) in [6.45, 7) is 8.30. The minimum atomic E-state index is -0.399. The highest BCUT2D eigenvalue weighted by Gasteiger charge is 2.18. The van der Waals surface area contributed by atoms with E-state index >= 15 is 0 Å². The van der Waals surface area contributed by atoms with Gasteiger partial charge >= 0.3 is 0 Å². The number of aliphatic hydroxyl groups excluding tert-OH is 2. The van der Waals surface area contributed by atoms with Crippen LogP contribution in [0.25, 0.3) is 0 Å². The van der Waals surface area contributed by atoms with Crippen LogP contribution in [0.15, 0.2) is 23.3 Å². The first-order valence-corrected chi connectivity index (χ1v) is 6.65. The molecule has 2 N–H and O–H groups in total. The van der Waals surface area contributed by atoms with Crippen molar-refractivity contribution in [2.75, 3.05) is 0 Å². The molecular formula is C15H26O2. The summed E-state index contributed by atoms with van der Waals surface area (Å²) in [7, 11) is 0. The standard InChI is InChI=1S/C15H26O2/c1-10(2)13-8-14(16)11(3)6-5-7-12(4)15(17)9-13/h6,9-10,12,14-17H,5,7-8H2,1-4H3/b11-6+,13-9+/t12?,14-,15+/m0/s1. The predicted molar refractivity (Wildman–Crippen MR) is 71.7 cm³/mol. The molecule has 0 aromatic carbocycles. The summed E-state index contributed by atoms with van der Waals surface area (Å²) in [4.78, 5) is 0. The Morgan fingerprint density at radius 3 is 2.53 bits per heavy atom. The zero-order valence-corrected chi connectivity index (χ0v) is 11.5. The first kappa shape index (κ1) is 14.5. The molecule has 1 aliphatic carbocycles. The van der Waals surface area contributed by atoms with Crippen molar-refractivity contribution in [3.05, 3.63) is 23.3 Å². The summed E-state index contributed by atoms with van der Waals surface area (Å²) < 4.78 is 0. The molecule has 1 unspecified atom stereocenters. The maximum Gasteiger partial charge on any atom is 0.0784 e. The van der Waals surface area contributed by atoms with E-state index in [1.807, 2.05) is 13.0 Å². The predicted octanol–water partition coefficient (Wildman–Crippen LogP) is 3.06. The van der Waals surface area contributed by atoms with Gasteiger partial charge in [-0.25, -0.2) is 0 Å². The van der Waals surface area contributed by atoms with Crippen molar-refractivity contribution in [2.45, 2.75) is 59.2 Å². The lowest BCUT2D eigenvalue weighted by Crippen LogP contribution is -2.20. The third kappa shape index (κ3) is 4.29. The van der Waals surface area contributed by atoms with E-state index in [1.165, 1.54) is 0 Å². The van der Waals surface area contributed by atoms with Gasteiger partial charge in [0.25, 0.3) is 0 Å². The number of aliphatic hydroxyl groups is 2. The topological polar surface area (TPSA) is 40.5 Å². The largest absolute Gasteiger partial charge is 0.389 e. The Labute approximate surface area is 105 Å². The molecule has 98 valence electrons. The summed E-state index contributed by atoms with van der Waals surface area (Å²) in [5.74, 6) is 0.654. The zero-order valence-electron chi connectivity index (χ0n) is 11.5. The highest BCUT2D eigenvalue weighted by molar-refractivity contribution is 5.16. The lowest BCUT2D eigenvalue weighted by atomic mass is 9.88. The van der Waals surface area contributed by atoms with Crippen molar-refractivity contribution < 1.29 is 10.2 Å². The van der Waals surface area contributed by atoms with Gasteiger partial charge in [0.2, 0.25) is 0 Å². The van der Waals surface area contributed by atoms with Gasteiger partial charge in [-0.15, -0.1) is 0 Å². The Kier molecular flexibility index (Phi) is 5.41. The number of allylic oxidation sites excluding steroid dienone is 1. The normalized spacial score (nSPS) is 38.2. The van der Waals surface area contributed by atoms with E-state index < -0.39 is 6.10 Å². The molecule has 0 radical (unpaired) electrons. The van der Waals surface area contributed by atoms with Gasteiger partial charge in [-0.2, -0.15) is 0 Å². The van der Waals surface area contributed by atoms with Gasteiger partial charge in [0.05, 0.1) is 12.2 Å². The summed E-state index contributed by atoms with van der Waals surface area (Å²) in [5.41, 5.74) is 2.21. The van der Waals surface area contributed by atoms with Crippen LogP contribution in [0.3, 0.4) is 0 Å². The second-order valence-electron chi connectivity index (χ2n) is 5.61. The van der Waals surface area contributed by atoms with Crippen LogP contribution in [0.5, 0.6) is 0 Å². The highest BCUT2D eigenvalue weighted by atomic mass is 16.3. The maximum atomic E-state index is 10.1. The summed E-state index contributed by atoms with van der Waals surface area (Å²) in [5, 5.41) is 20.2. The molecule has 1 rings (SSSR count). The van der Waals surface area contributed by atoms with Crippen LogP contribution in [-0.4, -0.2) is 22.4 Å². The fourth-order valence-electron chi connectivity index (χ4n) is 2.14. The molecule has 0 heterocycles. The van der Waals surface area contributed by atoms with Gasteiger partial charge in [0.15, 0.2) is 0 Å². The van der Waals surface area contributed by atoms with Gasteiger partial charge < -0.3 is 10.2 Å². The van der Waals surface area contributed by atoms with Crippen LogP contribution < -0.4 is 0 Å². The first-order chi connectivity index (χ1) is 7.91. The third-order valence-corrected chi connectivity index (χ3v) is 3.75. The second-order valence-corrected chi connectivity index (χ2v) is 5.61. The molecule has 3 atom stereocenters. The van der Waals surface area contributed by atoms with Gasteiger partial charge in [-0.05, 0) is 43.6 Å². The molecule has 0 saturated heterocycles. The molecule has 0 bridgehead atoms. The van der Waals surface area contributed by atoms with E-state index in [0.29, 0.717) is 12.3 Å². The molecule has 1 aliphatic rings. The molecule has 2 heteroatoms. The quantitative estimate of drug-likeness (QED) is 0.689. The lowest BCUT2D eigenvalue weighted by molar-refractivity contribution is 0.152. The van der Waals surface area contributed by atoms with Gasteiger partial charge in [0, 0.05) is 0 Å². The number of hydrogen-bond acceptors (Lipinski definition) is 2. The average molecular weight is 238 g/mol. The van der Waals surface area contributed by atoms with Crippen molar-refractivity contribution in [1.82, 2.24) is 0 Å². The molecule has 2 nitrogen and oxygen atoms in total. The minimum absolute atomic E-state index is 0.281. The van der Waals surface area contributed by atoms with Crippen LogP contribution in [0.2, 0.25) is 0 Å². The Morgan fingerprint density at radius 2 is 1.94 bits per heavy atom. The molecule has 0 amide bonds. The average Bonchev–Trinajstić information content (AvgIpc) is 2.26. The highest BCUT2D eigenvalue weighted by Crippen LogP contribution is 2.25. The molecule has 0 aromatic rings. The summed E-state index contributed by atoms with van der Waals surface area (Å²) >= 11 is 0. The van der Waals surface area contributed by atoms with E-state index in [1.54, 1.807) is 0 Å². The fourth-order valence-corrected chi connectivity index (χ4v) is 2.14. The van der Waals surface area contributed by atoms with Crippen LogP contribution in [0.1, 0.15) is 47.0 Å². The van der Waals surface area contributed by atoms with Crippen molar-refractivity contribution in [2.24, 2.45) is 11.8 Å². The SMILES string of the molecule is C/C1=C\CCC(C)[C@H](O)/C=C(/C(C)C)C[C@@H]1O. The molecule has 0 spiro atoms. The second kappa shape index (κ2) is 6.36. The van der Waals surface area contributed by atoms with Gasteiger partial charge in [-0.3, -0.25) is 0 Å². The molecule has 0 aliphatic heterocycles. The number of hydrogen-bond donors (Lipinski definition) is 2. The smallest absolute Gasteiger partial charge is 0.0784 e. The molecule has 17 heavy (non-hydrogen) atoms. The van der Waals surface area contributed by atoms with E-state index in [9.17, 15) is 10.2 Å². The first-order valence-electron chi connectivity index (χ1n) is 6.65.